The summed E-state index contributed by atoms with van der Waals surface area (Å²) in [4.78, 5) is 4.95. The van der Waals surface area contributed by atoms with Crippen molar-refractivity contribution in [2.45, 2.75) is 56.0 Å². The normalized spacial score (nSPS) is 12.9. The van der Waals surface area contributed by atoms with E-state index < -0.39 is 10.0 Å². The van der Waals surface area contributed by atoms with E-state index in [9.17, 15) is 13.7 Å². The van der Waals surface area contributed by atoms with Crippen molar-refractivity contribution in [2.75, 3.05) is 13.1 Å². The van der Waals surface area contributed by atoms with Crippen LogP contribution >= 0.6 is 11.8 Å². The molecule has 6 nitrogen and oxygen atoms in total. The number of aromatic nitrogens is 2. The number of thioether (sulfide) groups is 1. The Morgan fingerprint density at radius 3 is 2.39 bits per heavy atom. The van der Waals surface area contributed by atoms with E-state index in [1.54, 1.807) is 12.1 Å². The van der Waals surface area contributed by atoms with Crippen LogP contribution in [0.15, 0.2) is 52.5 Å². The predicted octanol–water partition coefficient (Wildman–Crippen LogP) is 4.62. The highest BCUT2D eigenvalue weighted by molar-refractivity contribution is 8.00. The van der Waals surface area contributed by atoms with Gasteiger partial charge in [0.1, 0.15) is 5.25 Å². The number of nitriles is 1. The van der Waals surface area contributed by atoms with Crippen molar-refractivity contribution < 1.29 is 8.42 Å². The molecule has 0 saturated carbocycles. The number of hydrogen-bond donors (Lipinski definition) is 0. The first-order valence-electron chi connectivity index (χ1n) is 10.5. The lowest BCUT2D eigenvalue weighted by atomic mass is 10.1. The van der Waals surface area contributed by atoms with Gasteiger partial charge in [-0.3, -0.25) is 0 Å². The maximum absolute atomic E-state index is 12.9. The minimum absolute atomic E-state index is 0.248. The molecule has 0 amide bonds. The van der Waals surface area contributed by atoms with Crippen LogP contribution in [-0.2, 0) is 23.0 Å². The summed E-state index contributed by atoms with van der Waals surface area (Å²) in [6.45, 7) is 9.25. The number of hydrogen-bond acceptors (Lipinski definition) is 5. The van der Waals surface area contributed by atoms with Gasteiger partial charge in [0.25, 0.3) is 0 Å². The zero-order chi connectivity index (χ0) is 22.6. The van der Waals surface area contributed by atoms with Crippen LogP contribution in [0.1, 0.15) is 31.9 Å². The molecule has 0 bridgehead atoms. The van der Waals surface area contributed by atoms with E-state index in [0.29, 0.717) is 31.6 Å². The molecule has 164 valence electrons. The average molecular weight is 457 g/mol. The molecule has 1 atom stereocenters. The average Bonchev–Trinajstić information content (AvgIpc) is 3.11. The topological polar surface area (TPSA) is 79.0 Å². The molecule has 3 rings (SSSR count). The van der Waals surface area contributed by atoms with Gasteiger partial charge in [-0.25, -0.2) is 13.4 Å². The zero-order valence-corrected chi connectivity index (χ0v) is 20.0. The molecular formula is C23H28N4O2S2. The summed E-state index contributed by atoms with van der Waals surface area (Å²) in [5.74, 6) is 0. The van der Waals surface area contributed by atoms with Gasteiger partial charge < -0.3 is 4.57 Å². The zero-order valence-electron chi connectivity index (χ0n) is 18.4. The van der Waals surface area contributed by atoms with E-state index in [1.165, 1.54) is 21.6 Å². The number of rotatable bonds is 9. The second kappa shape index (κ2) is 9.86. The van der Waals surface area contributed by atoms with Crippen molar-refractivity contribution in [3.63, 3.8) is 0 Å². The Kier molecular flexibility index (Phi) is 7.42. The first kappa shape index (κ1) is 23.3. The van der Waals surface area contributed by atoms with Gasteiger partial charge in [-0.05, 0) is 44.0 Å². The molecule has 0 N–H and O–H groups in total. The first-order chi connectivity index (χ1) is 14.8. The fourth-order valence-corrected chi connectivity index (χ4v) is 6.10. The number of nitrogens with zero attached hydrogens (tertiary/aromatic N) is 4. The van der Waals surface area contributed by atoms with Crippen molar-refractivity contribution in [2.24, 2.45) is 0 Å². The highest BCUT2D eigenvalue weighted by Gasteiger charge is 2.23. The quantitative estimate of drug-likeness (QED) is 0.439. The smallest absolute Gasteiger partial charge is 0.243 e. The highest BCUT2D eigenvalue weighted by Crippen LogP contribution is 2.30. The highest BCUT2D eigenvalue weighted by atomic mass is 32.2. The lowest BCUT2D eigenvalue weighted by Crippen LogP contribution is -2.30. The summed E-state index contributed by atoms with van der Waals surface area (Å²) in [5.41, 5.74) is 3.80. The molecule has 0 spiro atoms. The van der Waals surface area contributed by atoms with Gasteiger partial charge >= 0.3 is 0 Å². The molecule has 0 aliphatic rings. The number of sulfonamides is 1. The van der Waals surface area contributed by atoms with Gasteiger partial charge in [-0.15, -0.1) is 0 Å². The Morgan fingerprint density at radius 1 is 1.13 bits per heavy atom. The number of imidazole rings is 1. The Hall–Kier alpha value is -2.34. The summed E-state index contributed by atoms with van der Waals surface area (Å²) in [6, 6.07) is 15.7. The van der Waals surface area contributed by atoms with E-state index >= 15 is 0 Å². The molecule has 0 fully saturated rings. The predicted molar refractivity (Wildman–Crippen MR) is 126 cm³/mol. The van der Waals surface area contributed by atoms with Crippen molar-refractivity contribution >= 4 is 32.8 Å². The van der Waals surface area contributed by atoms with Gasteiger partial charge in [-0.1, -0.05) is 55.4 Å². The summed E-state index contributed by atoms with van der Waals surface area (Å²) in [6.07, 6.45) is 0.621. The van der Waals surface area contributed by atoms with Crippen LogP contribution < -0.4 is 0 Å². The van der Waals surface area contributed by atoms with E-state index in [4.69, 9.17) is 4.98 Å². The molecule has 0 aliphatic heterocycles. The standard InChI is InChI=1S/C23H28N4O2S2/c1-5-26(6-2)31(28,29)20-12-13-22-21(15-20)25-23(27(22)7-3)30-19(16-24)14-18-10-8-17(4)9-11-18/h8-13,15,19H,5-7,14H2,1-4H3/t19-/m1/s1. The van der Waals surface area contributed by atoms with Crippen LogP contribution in [0, 0.1) is 18.3 Å². The second-order valence-corrected chi connectivity index (χ2v) is 10.4. The fourth-order valence-electron chi connectivity index (χ4n) is 3.54. The third-order valence-corrected chi connectivity index (χ3v) is 8.40. The molecule has 0 aliphatic carbocycles. The number of benzene rings is 2. The van der Waals surface area contributed by atoms with Crippen molar-refractivity contribution in [1.29, 1.82) is 5.26 Å². The van der Waals surface area contributed by atoms with Crippen LogP contribution in [0.25, 0.3) is 11.0 Å². The van der Waals surface area contributed by atoms with E-state index in [0.717, 1.165) is 16.2 Å². The van der Waals surface area contributed by atoms with Gasteiger partial charge in [0.2, 0.25) is 10.0 Å². The molecule has 0 unspecified atom stereocenters. The summed E-state index contributed by atoms with van der Waals surface area (Å²) < 4.78 is 29.3. The Labute approximate surface area is 188 Å². The molecule has 8 heteroatoms. The van der Waals surface area contributed by atoms with E-state index in [2.05, 4.69) is 6.07 Å². The van der Waals surface area contributed by atoms with Crippen LogP contribution in [-0.4, -0.2) is 40.6 Å². The van der Waals surface area contributed by atoms with Crippen molar-refractivity contribution in [3.05, 3.63) is 53.6 Å². The second-order valence-electron chi connectivity index (χ2n) is 7.30. The fraction of sp³-hybridized carbons (Fsp3) is 0.391. The molecule has 0 radical (unpaired) electrons. The lowest BCUT2D eigenvalue weighted by molar-refractivity contribution is 0.445. The molecule has 1 heterocycles. The SMILES string of the molecule is CCN(CC)S(=O)(=O)c1ccc2c(c1)nc(S[C@@H](C#N)Cc1ccc(C)cc1)n2CC. The molecule has 31 heavy (non-hydrogen) atoms. The summed E-state index contributed by atoms with van der Waals surface area (Å²) in [5, 5.41) is 10.2. The third-order valence-electron chi connectivity index (χ3n) is 5.28. The molecule has 3 aromatic rings. The maximum Gasteiger partial charge on any atom is 0.243 e. The molecule has 2 aromatic carbocycles. The maximum atomic E-state index is 12.9. The number of aryl methyl sites for hydroxylation is 2. The monoisotopic (exact) mass is 456 g/mol. The minimum atomic E-state index is -3.55. The van der Waals surface area contributed by atoms with Gasteiger partial charge in [-0.2, -0.15) is 9.57 Å². The van der Waals surface area contributed by atoms with Crippen LogP contribution in [0.5, 0.6) is 0 Å². The first-order valence-corrected chi connectivity index (χ1v) is 12.8. The minimum Gasteiger partial charge on any atom is -0.319 e. The Morgan fingerprint density at radius 2 is 1.81 bits per heavy atom. The van der Waals surface area contributed by atoms with E-state index in [-0.39, 0.29) is 10.1 Å². The van der Waals surface area contributed by atoms with Crippen LogP contribution in [0.3, 0.4) is 0 Å². The third kappa shape index (κ3) is 4.95. The Balaban J connectivity index is 1.93. The molecule has 1 aromatic heterocycles. The van der Waals surface area contributed by atoms with E-state index in [1.807, 2.05) is 62.6 Å². The molecular weight excluding hydrogens is 428 g/mol. The summed E-state index contributed by atoms with van der Waals surface area (Å²) >= 11 is 1.42. The van der Waals surface area contributed by atoms with Crippen molar-refractivity contribution in [3.8, 4) is 6.07 Å². The lowest BCUT2D eigenvalue weighted by Gasteiger charge is -2.18. The largest absolute Gasteiger partial charge is 0.319 e. The van der Waals surface area contributed by atoms with Crippen molar-refractivity contribution in [1.82, 2.24) is 13.9 Å². The Bertz CT molecular complexity index is 1190. The van der Waals surface area contributed by atoms with Gasteiger partial charge in [0.05, 0.1) is 22.0 Å². The van der Waals surface area contributed by atoms with Crippen LogP contribution in [0.2, 0.25) is 0 Å². The van der Waals surface area contributed by atoms with Gasteiger partial charge in [0.15, 0.2) is 5.16 Å². The molecule has 0 saturated heterocycles. The summed E-state index contributed by atoms with van der Waals surface area (Å²) in [7, 11) is -3.55. The van der Waals surface area contributed by atoms with Gasteiger partial charge in [0, 0.05) is 19.6 Å². The van der Waals surface area contributed by atoms with Crippen LogP contribution in [0.4, 0.5) is 0 Å². The number of fused-ring (bicyclic) bond motifs is 1.